The predicted octanol–water partition coefficient (Wildman–Crippen LogP) is 2.25. The summed E-state index contributed by atoms with van der Waals surface area (Å²) in [6.07, 6.45) is 9.46. The Hall–Kier alpha value is -0.570. The van der Waals surface area contributed by atoms with Gasteiger partial charge in [-0.05, 0) is 38.0 Å². The lowest BCUT2D eigenvalue weighted by Gasteiger charge is -2.12. The first-order valence-electron chi connectivity index (χ1n) is 6.73. The third kappa shape index (κ3) is 3.78. The molecule has 1 aliphatic heterocycles. The van der Waals surface area contributed by atoms with Crippen LogP contribution in [-0.2, 0) is 9.53 Å². The van der Waals surface area contributed by atoms with E-state index >= 15 is 0 Å². The predicted molar refractivity (Wildman–Crippen MR) is 63.2 cm³/mol. The van der Waals surface area contributed by atoms with Crippen molar-refractivity contribution in [2.75, 3.05) is 13.2 Å². The van der Waals surface area contributed by atoms with Gasteiger partial charge in [0.25, 0.3) is 0 Å². The molecule has 0 aromatic rings. The smallest absolute Gasteiger partial charge is 0.220 e. The third-order valence-electron chi connectivity index (χ3n) is 3.78. The van der Waals surface area contributed by atoms with Crippen molar-refractivity contribution in [3.8, 4) is 0 Å². The van der Waals surface area contributed by atoms with Crippen LogP contribution in [0.5, 0.6) is 0 Å². The highest BCUT2D eigenvalue weighted by Crippen LogP contribution is 2.23. The van der Waals surface area contributed by atoms with E-state index in [0.717, 1.165) is 38.3 Å². The zero-order valence-electron chi connectivity index (χ0n) is 10.0. The van der Waals surface area contributed by atoms with E-state index in [1.165, 1.54) is 25.7 Å². The quantitative estimate of drug-likeness (QED) is 0.779. The second kappa shape index (κ2) is 6.24. The number of hydrogen-bond acceptors (Lipinski definition) is 2. The zero-order chi connectivity index (χ0) is 11.2. The van der Waals surface area contributed by atoms with Gasteiger partial charge in [0.05, 0.1) is 6.10 Å². The Kier molecular flexibility index (Phi) is 4.64. The van der Waals surface area contributed by atoms with Crippen LogP contribution in [0.3, 0.4) is 0 Å². The second-order valence-electron chi connectivity index (χ2n) is 5.13. The van der Waals surface area contributed by atoms with E-state index in [1.54, 1.807) is 0 Å². The first kappa shape index (κ1) is 11.9. The molecule has 1 heterocycles. The number of amides is 1. The molecule has 0 aromatic heterocycles. The summed E-state index contributed by atoms with van der Waals surface area (Å²) in [6.45, 7) is 1.78. The van der Waals surface area contributed by atoms with E-state index in [4.69, 9.17) is 4.74 Å². The minimum Gasteiger partial charge on any atom is -0.378 e. The fraction of sp³-hybridized carbons (Fsp3) is 0.923. The van der Waals surface area contributed by atoms with Gasteiger partial charge < -0.3 is 10.1 Å². The third-order valence-corrected chi connectivity index (χ3v) is 3.78. The molecular weight excluding hydrogens is 202 g/mol. The highest BCUT2D eigenvalue weighted by Gasteiger charge is 2.18. The normalized spacial score (nSPS) is 26.1. The SMILES string of the molecule is O=C(CC[C@@H]1CCCO1)NCC1CCCC1. The summed E-state index contributed by atoms with van der Waals surface area (Å²) in [4.78, 5) is 11.6. The van der Waals surface area contributed by atoms with Crippen molar-refractivity contribution < 1.29 is 9.53 Å². The Morgan fingerprint density at radius 3 is 2.69 bits per heavy atom. The van der Waals surface area contributed by atoms with Crippen LogP contribution >= 0.6 is 0 Å². The number of hydrogen-bond donors (Lipinski definition) is 1. The maximum Gasteiger partial charge on any atom is 0.220 e. The van der Waals surface area contributed by atoms with E-state index in [1.807, 2.05) is 0 Å². The molecule has 1 aliphatic carbocycles. The van der Waals surface area contributed by atoms with Crippen LogP contribution in [0.15, 0.2) is 0 Å². The Morgan fingerprint density at radius 2 is 2.00 bits per heavy atom. The van der Waals surface area contributed by atoms with Gasteiger partial charge in [-0.3, -0.25) is 4.79 Å². The molecule has 0 aromatic carbocycles. The average molecular weight is 225 g/mol. The number of nitrogens with one attached hydrogen (secondary N) is 1. The van der Waals surface area contributed by atoms with Crippen molar-refractivity contribution in [1.82, 2.24) is 5.32 Å². The van der Waals surface area contributed by atoms with Gasteiger partial charge in [-0.25, -0.2) is 0 Å². The van der Waals surface area contributed by atoms with Crippen LogP contribution in [0.2, 0.25) is 0 Å². The molecule has 2 aliphatic rings. The summed E-state index contributed by atoms with van der Waals surface area (Å²) in [5.74, 6) is 0.953. The van der Waals surface area contributed by atoms with Crippen molar-refractivity contribution in [3.05, 3.63) is 0 Å². The molecule has 2 rings (SSSR count). The van der Waals surface area contributed by atoms with Crippen LogP contribution in [0.25, 0.3) is 0 Å². The van der Waals surface area contributed by atoms with Crippen LogP contribution in [0.1, 0.15) is 51.4 Å². The highest BCUT2D eigenvalue weighted by atomic mass is 16.5. The minimum atomic E-state index is 0.211. The van der Waals surface area contributed by atoms with Crippen LogP contribution in [-0.4, -0.2) is 25.2 Å². The van der Waals surface area contributed by atoms with Crippen LogP contribution in [0, 0.1) is 5.92 Å². The lowest BCUT2D eigenvalue weighted by atomic mass is 10.1. The Labute approximate surface area is 97.9 Å². The topological polar surface area (TPSA) is 38.3 Å². The van der Waals surface area contributed by atoms with Crippen molar-refractivity contribution >= 4 is 5.91 Å². The van der Waals surface area contributed by atoms with Crippen molar-refractivity contribution in [2.24, 2.45) is 5.92 Å². The van der Waals surface area contributed by atoms with Gasteiger partial charge in [0.15, 0.2) is 0 Å². The average Bonchev–Trinajstić information content (AvgIpc) is 2.96. The van der Waals surface area contributed by atoms with Crippen LogP contribution in [0.4, 0.5) is 0 Å². The number of carbonyl (C=O) groups is 1. The molecular formula is C13H23NO2. The number of rotatable bonds is 5. The van der Waals surface area contributed by atoms with Gasteiger partial charge in [0, 0.05) is 19.6 Å². The van der Waals surface area contributed by atoms with Crippen molar-refractivity contribution in [1.29, 1.82) is 0 Å². The Morgan fingerprint density at radius 1 is 1.19 bits per heavy atom. The first-order chi connectivity index (χ1) is 7.84. The summed E-state index contributed by atoms with van der Waals surface area (Å²) in [5.41, 5.74) is 0. The molecule has 3 heteroatoms. The molecule has 92 valence electrons. The molecule has 1 saturated heterocycles. The van der Waals surface area contributed by atoms with Gasteiger partial charge in [0.1, 0.15) is 0 Å². The molecule has 1 amide bonds. The first-order valence-corrected chi connectivity index (χ1v) is 6.73. The maximum atomic E-state index is 11.6. The van der Waals surface area contributed by atoms with Crippen molar-refractivity contribution in [2.45, 2.75) is 57.5 Å². The molecule has 0 spiro atoms. The Bertz CT molecular complexity index is 196. The summed E-state index contributed by atoms with van der Waals surface area (Å²) in [6, 6.07) is 0. The molecule has 16 heavy (non-hydrogen) atoms. The van der Waals surface area contributed by atoms with Gasteiger partial charge in [0.2, 0.25) is 5.91 Å². The fourth-order valence-electron chi connectivity index (χ4n) is 2.73. The molecule has 0 unspecified atom stereocenters. The number of carbonyl (C=O) groups excluding carboxylic acids is 1. The van der Waals surface area contributed by atoms with Gasteiger partial charge >= 0.3 is 0 Å². The summed E-state index contributed by atoms with van der Waals surface area (Å²) >= 11 is 0. The summed E-state index contributed by atoms with van der Waals surface area (Å²) in [7, 11) is 0. The van der Waals surface area contributed by atoms with Gasteiger partial charge in [-0.15, -0.1) is 0 Å². The lowest BCUT2D eigenvalue weighted by Crippen LogP contribution is -2.28. The van der Waals surface area contributed by atoms with E-state index in [9.17, 15) is 4.79 Å². The summed E-state index contributed by atoms with van der Waals surface area (Å²) in [5, 5.41) is 3.05. The lowest BCUT2D eigenvalue weighted by molar-refractivity contribution is -0.121. The highest BCUT2D eigenvalue weighted by molar-refractivity contribution is 5.75. The van der Waals surface area contributed by atoms with E-state index in [-0.39, 0.29) is 5.91 Å². The largest absolute Gasteiger partial charge is 0.378 e. The molecule has 0 bridgehead atoms. The van der Waals surface area contributed by atoms with E-state index in [0.29, 0.717) is 12.5 Å². The fourth-order valence-corrected chi connectivity index (χ4v) is 2.73. The molecule has 1 atom stereocenters. The Balaban J connectivity index is 1.53. The van der Waals surface area contributed by atoms with Crippen LogP contribution < -0.4 is 5.32 Å². The second-order valence-corrected chi connectivity index (χ2v) is 5.13. The zero-order valence-corrected chi connectivity index (χ0v) is 10.0. The van der Waals surface area contributed by atoms with Gasteiger partial charge in [-0.1, -0.05) is 12.8 Å². The van der Waals surface area contributed by atoms with E-state index in [2.05, 4.69) is 5.32 Å². The standard InChI is InChI=1S/C13H23NO2/c15-13(8-7-12-6-3-9-16-12)14-10-11-4-1-2-5-11/h11-12H,1-10H2,(H,14,15)/t12-/m0/s1. The monoisotopic (exact) mass is 225 g/mol. The van der Waals surface area contributed by atoms with Crippen molar-refractivity contribution in [3.63, 3.8) is 0 Å². The number of ether oxygens (including phenoxy) is 1. The molecule has 3 nitrogen and oxygen atoms in total. The molecule has 1 N–H and O–H groups in total. The maximum absolute atomic E-state index is 11.6. The molecule has 0 radical (unpaired) electrons. The van der Waals surface area contributed by atoms with E-state index < -0.39 is 0 Å². The molecule has 2 fully saturated rings. The van der Waals surface area contributed by atoms with Gasteiger partial charge in [-0.2, -0.15) is 0 Å². The minimum absolute atomic E-state index is 0.211. The summed E-state index contributed by atoms with van der Waals surface area (Å²) < 4.78 is 5.50. The molecule has 1 saturated carbocycles.